The largest absolute Gasteiger partial charge is 0.379 e. The monoisotopic (exact) mass is 332 g/mol. The number of hydrogen-bond donors (Lipinski definition) is 1. The van der Waals surface area contributed by atoms with Crippen LogP contribution in [0.15, 0.2) is 18.3 Å². The minimum atomic E-state index is -0.364. The van der Waals surface area contributed by atoms with Crippen LogP contribution in [0, 0.1) is 5.92 Å². The van der Waals surface area contributed by atoms with Crippen molar-refractivity contribution in [3.05, 3.63) is 23.9 Å². The van der Waals surface area contributed by atoms with Crippen LogP contribution in [0.1, 0.15) is 29.6 Å². The average Bonchev–Trinajstić information content (AvgIpc) is 3.23. The molecule has 1 aromatic heterocycles. The van der Waals surface area contributed by atoms with E-state index in [1.165, 1.54) is 0 Å². The number of carbonyl (C=O) groups excluding carboxylic acids is 2. The lowest BCUT2D eigenvalue weighted by Crippen LogP contribution is -2.30. The maximum absolute atomic E-state index is 12.8. The van der Waals surface area contributed by atoms with Crippen LogP contribution in [0.4, 0.5) is 5.82 Å². The maximum atomic E-state index is 12.8. The van der Waals surface area contributed by atoms with Gasteiger partial charge in [-0.05, 0) is 25.0 Å². The second kappa shape index (κ2) is 7.17. The highest BCUT2D eigenvalue weighted by molar-refractivity contribution is 5.95. The fourth-order valence-electron chi connectivity index (χ4n) is 3.58. The standard InChI is InChI=1S/C17H24N4O3/c1-24-14-11-21(10-13(14)8-15(18)22)17(23)12-4-5-19-16(9-12)20-6-2-3-7-20/h4-5,9,13-14H,2-3,6-8,10-11H2,1H3,(H2,18,22)/t13-,14-/m0/s1. The number of carbonyl (C=O) groups is 2. The molecule has 7 nitrogen and oxygen atoms in total. The number of aromatic nitrogens is 1. The second-order valence-electron chi connectivity index (χ2n) is 6.51. The highest BCUT2D eigenvalue weighted by Crippen LogP contribution is 2.25. The Morgan fingerprint density at radius 3 is 2.75 bits per heavy atom. The van der Waals surface area contributed by atoms with Crippen LogP contribution in [-0.2, 0) is 9.53 Å². The molecule has 2 saturated heterocycles. The van der Waals surface area contributed by atoms with Gasteiger partial charge in [-0.1, -0.05) is 0 Å². The molecule has 130 valence electrons. The molecule has 24 heavy (non-hydrogen) atoms. The smallest absolute Gasteiger partial charge is 0.254 e. The van der Waals surface area contributed by atoms with E-state index in [9.17, 15) is 9.59 Å². The summed E-state index contributed by atoms with van der Waals surface area (Å²) >= 11 is 0. The van der Waals surface area contributed by atoms with E-state index >= 15 is 0 Å². The molecule has 2 aliphatic rings. The van der Waals surface area contributed by atoms with Gasteiger partial charge in [0.1, 0.15) is 5.82 Å². The first kappa shape index (κ1) is 16.7. The number of anilines is 1. The minimum absolute atomic E-state index is 0.0451. The number of hydrogen-bond acceptors (Lipinski definition) is 5. The van der Waals surface area contributed by atoms with Gasteiger partial charge >= 0.3 is 0 Å². The summed E-state index contributed by atoms with van der Waals surface area (Å²) in [7, 11) is 1.60. The second-order valence-corrected chi connectivity index (χ2v) is 6.51. The van der Waals surface area contributed by atoms with Crippen LogP contribution < -0.4 is 10.6 Å². The lowest BCUT2D eigenvalue weighted by Gasteiger charge is -2.19. The molecule has 2 atom stereocenters. The minimum Gasteiger partial charge on any atom is -0.379 e. The number of likely N-dealkylation sites (tertiary alicyclic amines) is 1. The summed E-state index contributed by atoms with van der Waals surface area (Å²) in [5.41, 5.74) is 5.93. The third-order valence-electron chi connectivity index (χ3n) is 4.86. The first-order valence-electron chi connectivity index (χ1n) is 8.40. The maximum Gasteiger partial charge on any atom is 0.254 e. The molecular formula is C17H24N4O3. The Bertz CT molecular complexity index is 616. The lowest BCUT2D eigenvalue weighted by atomic mass is 10.0. The quantitative estimate of drug-likeness (QED) is 0.855. The van der Waals surface area contributed by atoms with Crippen molar-refractivity contribution in [2.45, 2.75) is 25.4 Å². The van der Waals surface area contributed by atoms with Gasteiger partial charge in [-0.2, -0.15) is 0 Å². The SMILES string of the molecule is CO[C@H]1CN(C(=O)c2ccnc(N3CCCC3)c2)C[C@@H]1CC(N)=O. The summed E-state index contributed by atoms with van der Waals surface area (Å²) < 4.78 is 5.42. The van der Waals surface area contributed by atoms with Gasteiger partial charge in [0, 0.05) is 57.4 Å². The van der Waals surface area contributed by atoms with Gasteiger partial charge in [0.2, 0.25) is 5.91 Å². The van der Waals surface area contributed by atoms with Gasteiger partial charge < -0.3 is 20.3 Å². The molecule has 1 aromatic rings. The van der Waals surface area contributed by atoms with E-state index in [0.717, 1.165) is 31.7 Å². The summed E-state index contributed by atoms with van der Waals surface area (Å²) in [6.45, 7) is 2.94. The molecule has 0 radical (unpaired) electrons. The van der Waals surface area contributed by atoms with Crippen molar-refractivity contribution in [3.8, 4) is 0 Å². The van der Waals surface area contributed by atoms with Gasteiger partial charge in [0.05, 0.1) is 6.10 Å². The van der Waals surface area contributed by atoms with Crippen LogP contribution in [-0.4, -0.2) is 61.1 Å². The highest BCUT2D eigenvalue weighted by Gasteiger charge is 2.36. The number of nitrogens with zero attached hydrogens (tertiary/aromatic N) is 3. The van der Waals surface area contributed by atoms with E-state index in [-0.39, 0.29) is 30.3 Å². The predicted octanol–water partition coefficient (Wildman–Crippen LogP) is 0.644. The molecule has 0 aliphatic carbocycles. The van der Waals surface area contributed by atoms with Gasteiger partial charge in [0.15, 0.2) is 0 Å². The number of pyridine rings is 1. The number of ether oxygens (including phenoxy) is 1. The van der Waals surface area contributed by atoms with E-state index in [1.807, 2.05) is 6.07 Å². The van der Waals surface area contributed by atoms with Crippen LogP contribution in [0.5, 0.6) is 0 Å². The summed E-state index contributed by atoms with van der Waals surface area (Å²) in [4.78, 5) is 32.3. The third-order valence-corrected chi connectivity index (χ3v) is 4.86. The lowest BCUT2D eigenvalue weighted by molar-refractivity contribution is -0.119. The van der Waals surface area contributed by atoms with Crippen molar-refractivity contribution in [1.29, 1.82) is 0 Å². The zero-order valence-corrected chi connectivity index (χ0v) is 14.0. The molecule has 2 aliphatic heterocycles. The Balaban J connectivity index is 1.72. The number of methoxy groups -OCH3 is 1. The number of nitrogens with two attached hydrogens (primary N) is 1. The zero-order valence-electron chi connectivity index (χ0n) is 14.0. The van der Waals surface area contributed by atoms with Gasteiger partial charge in [0.25, 0.3) is 5.91 Å². The zero-order chi connectivity index (χ0) is 17.1. The Morgan fingerprint density at radius 1 is 1.33 bits per heavy atom. The Morgan fingerprint density at radius 2 is 2.08 bits per heavy atom. The Kier molecular flexibility index (Phi) is 4.99. The molecule has 0 saturated carbocycles. The van der Waals surface area contributed by atoms with Crippen molar-refractivity contribution in [2.75, 3.05) is 38.2 Å². The number of amides is 2. The molecule has 7 heteroatoms. The summed E-state index contributed by atoms with van der Waals surface area (Å²) in [5, 5.41) is 0. The molecule has 0 unspecified atom stereocenters. The summed E-state index contributed by atoms with van der Waals surface area (Å²) in [5.74, 6) is 0.398. The van der Waals surface area contributed by atoms with Crippen molar-refractivity contribution in [1.82, 2.24) is 9.88 Å². The Hall–Kier alpha value is -2.15. The molecular weight excluding hydrogens is 308 g/mol. The van der Waals surface area contributed by atoms with Crippen molar-refractivity contribution in [3.63, 3.8) is 0 Å². The number of primary amides is 1. The van der Waals surface area contributed by atoms with Crippen LogP contribution in [0.3, 0.4) is 0 Å². The summed E-state index contributed by atoms with van der Waals surface area (Å²) in [6, 6.07) is 3.60. The van der Waals surface area contributed by atoms with Crippen LogP contribution in [0.2, 0.25) is 0 Å². The summed E-state index contributed by atoms with van der Waals surface area (Å²) in [6.07, 6.45) is 4.09. The van der Waals surface area contributed by atoms with Gasteiger partial charge in [-0.15, -0.1) is 0 Å². The molecule has 3 rings (SSSR count). The molecule has 0 aromatic carbocycles. The highest BCUT2D eigenvalue weighted by atomic mass is 16.5. The molecule has 2 N–H and O–H groups in total. The molecule has 2 amide bonds. The fraction of sp³-hybridized carbons (Fsp3) is 0.588. The predicted molar refractivity (Wildman–Crippen MR) is 89.7 cm³/mol. The normalized spacial score (nSPS) is 23.7. The molecule has 2 fully saturated rings. The van der Waals surface area contributed by atoms with E-state index in [4.69, 9.17) is 10.5 Å². The van der Waals surface area contributed by atoms with Crippen LogP contribution in [0.25, 0.3) is 0 Å². The van der Waals surface area contributed by atoms with E-state index in [0.29, 0.717) is 18.7 Å². The molecule has 0 spiro atoms. The average molecular weight is 332 g/mol. The third kappa shape index (κ3) is 3.51. The topological polar surface area (TPSA) is 88.8 Å². The number of rotatable bonds is 5. The van der Waals surface area contributed by atoms with Crippen molar-refractivity contribution >= 4 is 17.6 Å². The van der Waals surface area contributed by atoms with Crippen LogP contribution >= 0.6 is 0 Å². The molecule has 3 heterocycles. The van der Waals surface area contributed by atoms with Crippen molar-refractivity contribution < 1.29 is 14.3 Å². The van der Waals surface area contributed by atoms with E-state index < -0.39 is 0 Å². The first-order valence-corrected chi connectivity index (χ1v) is 8.40. The van der Waals surface area contributed by atoms with Crippen molar-refractivity contribution in [2.24, 2.45) is 11.7 Å². The molecule has 0 bridgehead atoms. The first-order chi connectivity index (χ1) is 11.6. The van der Waals surface area contributed by atoms with E-state index in [2.05, 4.69) is 9.88 Å². The van der Waals surface area contributed by atoms with Gasteiger partial charge in [-0.3, -0.25) is 9.59 Å². The van der Waals surface area contributed by atoms with E-state index in [1.54, 1.807) is 24.3 Å². The fourth-order valence-corrected chi connectivity index (χ4v) is 3.58. The van der Waals surface area contributed by atoms with Gasteiger partial charge in [-0.25, -0.2) is 4.98 Å². The Labute approximate surface area is 141 Å².